The summed E-state index contributed by atoms with van der Waals surface area (Å²) >= 11 is 0. The van der Waals surface area contributed by atoms with E-state index in [0.717, 1.165) is 5.19 Å². The first-order valence-corrected chi connectivity index (χ1v) is 10.3. The van der Waals surface area contributed by atoms with Crippen LogP contribution in [0.25, 0.3) is 0 Å². The minimum absolute atomic E-state index is 0.0144. The molecule has 0 aliphatic heterocycles. The molecule has 0 heterocycles. The molecule has 1 atom stereocenters. The lowest BCUT2D eigenvalue weighted by molar-refractivity contribution is -0.142. The molecule has 1 rings (SSSR count). The predicted molar refractivity (Wildman–Crippen MR) is 87.6 cm³/mol. The Morgan fingerprint density at radius 2 is 1.71 bits per heavy atom. The van der Waals surface area contributed by atoms with Crippen LogP contribution < -0.4 is 5.19 Å². The van der Waals surface area contributed by atoms with Gasteiger partial charge in [-0.3, -0.25) is 9.59 Å². The summed E-state index contributed by atoms with van der Waals surface area (Å²) in [6, 6.07) is 7.62. The van der Waals surface area contributed by atoms with Gasteiger partial charge in [-0.15, -0.1) is 0 Å². The Labute approximate surface area is 128 Å². The number of carbonyl (C=O) groups is 2. The van der Waals surface area contributed by atoms with Gasteiger partial charge in [0.15, 0.2) is 0 Å². The SMILES string of the molecule is CCOC(=O)C(C)[Si](C)(C)c1ccc(C(=O)N(C)C)cc1. The Morgan fingerprint density at radius 3 is 2.14 bits per heavy atom. The van der Waals surface area contributed by atoms with Crippen LogP contribution in [0.4, 0.5) is 0 Å². The Balaban J connectivity index is 2.99. The van der Waals surface area contributed by atoms with Crippen LogP contribution in [0.5, 0.6) is 0 Å². The lowest BCUT2D eigenvalue weighted by Gasteiger charge is -2.28. The molecule has 116 valence electrons. The summed E-state index contributed by atoms with van der Waals surface area (Å²) in [7, 11) is 1.50. The van der Waals surface area contributed by atoms with Gasteiger partial charge in [-0.1, -0.05) is 37.3 Å². The third-order valence-corrected chi connectivity index (χ3v) is 8.23. The summed E-state index contributed by atoms with van der Waals surface area (Å²) < 4.78 is 5.14. The molecule has 0 radical (unpaired) electrons. The third kappa shape index (κ3) is 3.94. The summed E-state index contributed by atoms with van der Waals surface area (Å²) in [6.07, 6.45) is 0. The second kappa shape index (κ2) is 6.89. The van der Waals surface area contributed by atoms with Crippen LogP contribution in [0.3, 0.4) is 0 Å². The number of nitrogens with zero attached hydrogens (tertiary/aromatic N) is 1. The molecule has 1 aromatic carbocycles. The van der Waals surface area contributed by atoms with E-state index in [2.05, 4.69) is 13.1 Å². The van der Waals surface area contributed by atoms with Gasteiger partial charge in [-0.25, -0.2) is 0 Å². The largest absolute Gasteiger partial charge is 0.466 e. The Hall–Kier alpha value is -1.62. The van der Waals surface area contributed by atoms with Crippen molar-refractivity contribution in [3.63, 3.8) is 0 Å². The Kier molecular flexibility index (Phi) is 5.72. The van der Waals surface area contributed by atoms with Gasteiger partial charge >= 0.3 is 5.97 Å². The smallest absolute Gasteiger partial charge is 0.306 e. The third-order valence-electron chi connectivity index (χ3n) is 4.00. The quantitative estimate of drug-likeness (QED) is 0.619. The number of carbonyl (C=O) groups excluding carboxylic acids is 2. The number of rotatable bonds is 5. The molecule has 1 unspecified atom stereocenters. The molecule has 1 aromatic rings. The molecule has 0 aliphatic rings. The van der Waals surface area contributed by atoms with E-state index in [1.807, 2.05) is 38.1 Å². The van der Waals surface area contributed by atoms with Crippen molar-refractivity contribution in [3.05, 3.63) is 29.8 Å². The van der Waals surface area contributed by atoms with Gasteiger partial charge in [0.2, 0.25) is 0 Å². The molecule has 4 nitrogen and oxygen atoms in total. The second-order valence-electron chi connectivity index (χ2n) is 5.97. The highest BCUT2D eigenvalue weighted by Gasteiger charge is 2.36. The zero-order valence-electron chi connectivity index (χ0n) is 13.8. The highest BCUT2D eigenvalue weighted by molar-refractivity contribution is 6.93. The van der Waals surface area contributed by atoms with E-state index in [0.29, 0.717) is 12.2 Å². The molecule has 0 aliphatic carbocycles. The van der Waals surface area contributed by atoms with Gasteiger partial charge in [0, 0.05) is 19.7 Å². The Bertz CT molecular complexity index is 509. The summed E-state index contributed by atoms with van der Waals surface area (Å²) in [6.45, 7) is 8.46. The fourth-order valence-electron chi connectivity index (χ4n) is 2.11. The summed E-state index contributed by atoms with van der Waals surface area (Å²) in [5.74, 6) is -0.151. The van der Waals surface area contributed by atoms with Crippen LogP contribution >= 0.6 is 0 Å². The highest BCUT2D eigenvalue weighted by atomic mass is 28.3. The van der Waals surface area contributed by atoms with Crippen molar-refractivity contribution < 1.29 is 14.3 Å². The molecule has 0 N–H and O–H groups in total. The van der Waals surface area contributed by atoms with E-state index in [9.17, 15) is 9.59 Å². The van der Waals surface area contributed by atoms with Crippen LogP contribution in [-0.4, -0.2) is 45.6 Å². The molecule has 0 spiro atoms. The molecule has 0 fully saturated rings. The predicted octanol–water partition coefficient (Wildman–Crippen LogP) is 2.26. The molecule has 1 amide bonds. The topological polar surface area (TPSA) is 46.6 Å². The fraction of sp³-hybridized carbons (Fsp3) is 0.500. The van der Waals surface area contributed by atoms with Gasteiger partial charge < -0.3 is 9.64 Å². The lowest BCUT2D eigenvalue weighted by atomic mass is 10.2. The first kappa shape index (κ1) is 17.4. The fourth-order valence-corrected chi connectivity index (χ4v) is 4.31. The number of hydrogen-bond donors (Lipinski definition) is 0. The van der Waals surface area contributed by atoms with Gasteiger partial charge in [0.05, 0.1) is 20.2 Å². The molecule has 0 saturated carbocycles. The van der Waals surface area contributed by atoms with Crippen molar-refractivity contribution in [1.82, 2.24) is 4.90 Å². The van der Waals surface area contributed by atoms with Gasteiger partial charge in [-0.05, 0) is 19.1 Å². The van der Waals surface area contributed by atoms with Gasteiger partial charge in [0.1, 0.15) is 0 Å². The monoisotopic (exact) mass is 307 g/mol. The molecule has 5 heteroatoms. The maximum atomic E-state index is 12.0. The lowest BCUT2D eigenvalue weighted by Crippen LogP contribution is -2.48. The Morgan fingerprint density at radius 1 is 1.19 bits per heavy atom. The number of benzene rings is 1. The van der Waals surface area contributed by atoms with Crippen molar-refractivity contribution >= 4 is 25.1 Å². The van der Waals surface area contributed by atoms with E-state index in [4.69, 9.17) is 4.74 Å². The number of amides is 1. The van der Waals surface area contributed by atoms with Gasteiger partial charge in [-0.2, -0.15) is 0 Å². The zero-order chi connectivity index (χ0) is 16.2. The van der Waals surface area contributed by atoms with Crippen LogP contribution in [0.1, 0.15) is 24.2 Å². The van der Waals surface area contributed by atoms with Crippen LogP contribution in [-0.2, 0) is 9.53 Å². The average molecular weight is 307 g/mol. The molecule has 0 saturated heterocycles. The van der Waals surface area contributed by atoms with E-state index >= 15 is 0 Å². The van der Waals surface area contributed by atoms with E-state index in [1.54, 1.807) is 19.0 Å². The highest BCUT2D eigenvalue weighted by Crippen LogP contribution is 2.23. The van der Waals surface area contributed by atoms with Crippen LogP contribution in [0.15, 0.2) is 24.3 Å². The summed E-state index contributed by atoms with van der Waals surface area (Å²) in [5.41, 5.74) is 0.546. The van der Waals surface area contributed by atoms with Crippen LogP contribution in [0, 0.1) is 0 Å². The van der Waals surface area contributed by atoms with Crippen molar-refractivity contribution in [2.24, 2.45) is 0 Å². The summed E-state index contributed by atoms with van der Waals surface area (Å²) in [4.78, 5) is 25.4. The zero-order valence-corrected chi connectivity index (χ0v) is 14.8. The van der Waals surface area contributed by atoms with Crippen molar-refractivity contribution in [2.75, 3.05) is 20.7 Å². The minimum atomic E-state index is -1.97. The van der Waals surface area contributed by atoms with E-state index < -0.39 is 8.07 Å². The molecular formula is C16H25NO3Si. The second-order valence-corrected chi connectivity index (χ2v) is 10.9. The number of hydrogen-bond acceptors (Lipinski definition) is 3. The number of ether oxygens (including phenoxy) is 1. The summed E-state index contributed by atoms with van der Waals surface area (Å²) in [5, 5.41) is 1.15. The molecule has 21 heavy (non-hydrogen) atoms. The first-order chi connectivity index (χ1) is 9.71. The van der Waals surface area contributed by atoms with Crippen LogP contribution in [0.2, 0.25) is 18.6 Å². The maximum absolute atomic E-state index is 12.0. The van der Waals surface area contributed by atoms with Gasteiger partial charge in [0.25, 0.3) is 5.91 Å². The number of esters is 1. The van der Waals surface area contributed by atoms with Crippen molar-refractivity contribution in [2.45, 2.75) is 32.5 Å². The molecule has 0 bridgehead atoms. The van der Waals surface area contributed by atoms with Crippen molar-refractivity contribution in [3.8, 4) is 0 Å². The maximum Gasteiger partial charge on any atom is 0.306 e. The first-order valence-electron chi connectivity index (χ1n) is 7.20. The standard InChI is InChI=1S/C16H25NO3Si/c1-7-20-16(19)12(2)21(5,6)14-10-8-13(9-11-14)15(18)17(3)4/h8-12H,7H2,1-6H3. The average Bonchev–Trinajstić information content (AvgIpc) is 2.45. The van der Waals surface area contributed by atoms with E-state index in [1.165, 1.54) is 0 Å². The molecular weight excluding hydrogens is 282 g/mol. The van der Waals surface area contributed by atoms with Crippen molar-refractivity contribution in [1.29, 1.82) is 0 Å². The van der Waals surface area contributed by atoms with E-state index in [-0.39, 0.29) is 17.4 Å². The minimum Gasteiger partial charge on any atom is -0.466 e. The molecule has 0 aromatic heterocycles. The normalized spacial score (nSPS) is 12.7.